The molecule has 0 saturated heterocycles. The number of benzene rings is 1. The van der Waals surface area contributed by atoms with E-state index in [1.807, 2.05) is 44.4 Å². The second-order valence-electron chi connectivity index (χ2n) is 5.13. The van der Waals surface area contributed by atoms with Gasteiger partial charge in [0.25, 0.3) is 0 Å². The Bertz CT molecular complexity index is 699. The second-order valence-corrected chi connectivity index (χ2v) is 5.13. The molecule has 0 radical (unpaired) electrons. The summed E-state index contributed by atoms with van der Waals surface area (Å²) in [5.41, 5.74) is 1.30. The van der Waals surface area contributed by atoms with Gasteiger partial charge in [0.1, 0.15) is 11.5 Å². The molecule has 0 aliphatic carbocycles. The summed E-state index contributed by atoms with van der Waals surface area (Å²) in [7, 11) is 6.80. The number of anilines is 1. The van der Waals surface area contributed by atoms with Gasteiger partial charge in [-0.3, -0.25) is 0 Å². The normalized spacial score (nSPS) is 11.0. The molecule has 0 spiro atoms. The maximum Gasteiger partial charge on any atom is 0.356 e. The molecular weight excluding hydrogens is 292 g/mol. The van der Waals surface area contributed by atoms with E-state index in [0.717, 1.165) is 5.56 Å². The van der Waals surface area contributed by atoms with Crippen molar-refractivity contribution in [1.29, 1.82) is 0 Å². The topological polar surface area (TPSA) is 58.6 Å². The van der Waals surface area contributed by atoms with Crippen LogP contribution in [0.5, 0.6) is 0 Å². The molecule has 1 aromatic carbocycles. The summed E-state index contributed by atoms with van der Waals surface area (Å²) in [4.78, 5) is 24.3. The number of likely N-dealkylation sites (N-methyl/N-ethyl adjacent to an activating group) is 1. The molecule has 2 rings (SSSR count). The van der Waals surface area contributed by atoms with Crippen LogP contribution in [0, 0.1) is 0 Å². The van der Waals surface area contributed by atoms with E-state index in [-0.39, 0.29) is 0 Å². The highest BCUT2D eigenvalue weighted by Crippen LogP contribution is 2.20. The molecule has 0 atom stereocenters. The van der Waals surface area contributed by atoms with Crippen LogP contribution in [-0.4, -0.2) is 49.1 Å². The molecular formula is C17H20N4O2. The van der Waals surface area contributed by atoms with Crippen LogP contribution < -0.4 is 4.90 Å². The Morgan fingerprint density at radius 2 is 1.83 bits per heavy atom. The molecule has 6 nitrogen and oxygen atoms in total. The third-order valence-electron chi connectivity index (χ3n) is 3.15. The number of hydrogen-bond donors (Lipinski definition) is 0. The summed E-state index contributed by atoms with van der Waals surface area (Å²) >= 11 is 0. The molecule has 120 valence electrons. The number of carbonyl (C=O) groups is 1. The smallest absolute Gasteiger partial charge is 0.356 e. The minimum atomic E-state index is -0.430. The van der Waals surface area contributed by atoms with Crippen molar-refractivity contribution in [2.45, 2.75) is 0 Å². The summed E-state index contributed by atoms with van der Waals surface area (Å²) in [6, 6.07) is 11.4. The van der Waals surface area contributed by atoms with E-state index in [4.69, 9.17) is 4.74 Å². The van der Waals surface area contributed by atoms with Gasteiger partial charge in [-0.05, 0) is 6.07 Å². The van der Waals surface area contributed by atoms with Gasteiger partial charge in [-0.1, -0.05) is 30.3 Å². The Morgan fingerprint density at radius 1 is 1.13 bits per heavy atom. The van der Waals surface area contributed by atoms with Crippen LogP contribution in [0.25, 0.3) is 11.4 Å². The first-order chi connectivity index (χ1) is 11.0. The van der Waals surface area contributed by atoms with E-state index in [2.05, 4.69) is 9.97 Å². The fourth-order valence-electron chi connectivity index (χ4n) is 2.01. The van der Waals surface area contributed by atoms with E-state index in [1.54, 1.807) is 35.3 Å². The van der Waals surface area contributed by atoms with Gasteiger partial charge in [0.05, 0.1) is 7.11 Å². The molecule has 0 aliphatic rings. The molecule has 1 aromatic heterocycles. The van der Waals surface area contributed by atoms with Gasteiger partial charge >= 0.3 is 5.97 Å². The highest BCUT2D eigenvalue weighted by molar-refractivity contribution is 5.92. The number of methoxy groups -OCH3 is 1. The summed E-state index contributed by atoms with van der Waals surface area (Å²) in [5.74, 6) is 0.780. The van der Waals surface area contributed by atoms with E-state index in [1.165, 1.54) is 7.11 Å². The minimum Gasteiger partial charge on any atom is -0.464 e. The lowest BCUT2D eigenvalue weighted by Crippen LogP contribution is -2.27. The molecule has 0 bridgehead atoms. The predicted molar refractivity (Wildman–Crippen MR) is 89.7 cm³/mol. The fourth-order valence-corrected chi connectivity index (χ4v) is 2.01. The molecule has 2 aromatic rings. The molecule has 0 aliphatic heterocycles. The minimum absolute atomic E-state index is 0.384. The zero-order chi connectivity index (χ0) is 16.8. The van der Waals surface area contributed by atoms with Crippen molar-refractivity contribution in [3.05, 3.63) is 54.5 Å². The van der Waals surface area contributed by atoms with Gasteiger partial charge in [-0.25, -0.2) is 14.8 Å². The number of rotatable bonds is 5. The number of esters is 1. The van der Waals surface area contributed by atoms with Crippen LogP contribution in [0.2, 0.25) is 0 Å². The van der Waals surface area contributed by atoms with Crippen LogP contribution in [0.1, 0.15) is 0 Å². The second kappa shape index (κ2) is 7.40. The average Bonchev–Trinajstić information content (AvgIpc) is 2.59. The van der Waals surface area contributed by atoms with E-state index >= 15 is 0 Å². The Balaban J connectivity index is 2.39. The van der Waals surface area contributed by atoms with Gasteiger partial charge in [0.15, 0.2) is 5.82 Å². The van der Waals surface area contributed by atoms with Gasteiger partial charge < -0.3 is 14.5 Å². The molecule has 0 N–H and O–H groups in total. The Hall–Kier alpha value is -2.89. The monoisotopic (exact) mass is 312 g/mol. The van der Waals surface area contributed by atoms with Crippen molar-refractivity contribution >= 4 is 11.8 Å². The van der Waals surface area contributed by atoms with Crippen LogP contribution in [0.15, 0.2) is 54.5 Å². The fraction of sp³-hybridized carbons (Fsp3) is 0.235. The lowest BCUT2D eigenvalue weighted by Gasteiger charge is -2.21. The summed E-state index contributed by atoms with van der Waals surface area (Å²) in [6.45, 7) is 0. The number of aromatic nitrogens is 2. The predicted octanol–water partition coefficient (Wildman–Crippen LogP) is 2.16. The highest BCUT2D eigenvalue weighted by Gasteiger charge is 2.18. The van der Waals surface area contributed by atoms with Gasteiger partial charge in [-0.15, -0.1) is 0 Å². The van der Waals surface area contributed by atoms with Gasteiger partial charge in [0.2, 0.25) is 0 Å². The molecule has 0 saturated carbocycles. The van der Waals surface area contributed by atoms with Crippen molar-refractivity contribution in [2.24, 2.45) is 0 Å². The standard InChI is InChI=1S/C17H20N4O2/c1-20(2)12-14(17(22)23-4)21(3)15-10-11-18-16(19-15)13-8-6-5-7-9-13/h5-12H,1-4H3/b14-12+. The van der Waals surface area contributed by atoms with E-state index in [9.17, 15) is 4.79 Å². The zero-order valence-electron chi connectivity index (χ0n) is 13.7. The largest absolute Gasteiger partial charge is 0.464 e. The third kappa shape index (κ3) is 4.06. The molecule has 23 heavy (non-hydrogen) atoms. The summed E-state index contributed by atoms with van der Waals surface area (Å²) < 4.78 is 4.85. The first kappa shape index (κ1) is 16.5. The van der Waals surface area contributed by atoms with Gasteiger partial charge in [0, 0.05) is 39.1 Å². The SMILES string of the molecule is COC(=O)/C(=C\N(C)C)N(C)c1ccnc(-c2ccccc2)n1. The quantitative estimate of drug-likeness (QED) is 0.623. The lowest BCUT2D eigenvalue weighted by molar-refractivity contribution is -0.136. The lowest BCUT2D eigenvalue weighted by atomic mass is 10.2. The Morgan fingerprint density at radius 3 is 2.43 bits per heavy atom. The molecule has 0 fully saturated rings. The van der Waals surface area contributed by atoms with Crippen molar-refractivity contribution < 1.29 is 9.53 Å². The first-order valence-corrected chi connectivity index (χ1v) is 7.11. The average molecular weight is 312 g/mol. The highest BCUT2D eigenvalue weighted by atomic mass is 16.5. The molecule has 1 heterocycles. The van der Waals surface area contributed by atoms with E-state index < -0.39 is 5.97 Å². The van der Waals surface area contributed by atoms with Crippen LogP contribution in [-0.2, 0) is 9.53 Å². The van der Waals surface area contributed by atoms with Crippen molar-refractivity contribution in [1.82, 2.24) is 14.9 Å². The number of nitrogens with zero attached hydrogens (tertiary/aromatic N) is 4. The van der Waals surface area contributed by atoms with Crippen LogP contribution in [0.4, 0.5) is 5.82 Å². The van der Waals surface area contributed by atoms with Gasteiger partial charge in [-0.2, -0.15) is 0 Å². The molecule has 0 unspecified atom stereocenters. The van der Waals surface area contributed by atoms with Crippen molar-refractivity contribution in [3.8, 4) is 11.4 Å². The van der Waals surface area contributed by atoms with E-state index in [0.29, 0.717) is 17.3 Å². The molecule has 6 heteroatoms. The van der Waals surface area contributed by atoms with Crippen LogP contribution in [0.3, 0.4) is 0 Å². The maximum absolute atomic E-state index is 12.0. The zero-order valence-corrected chi connectivity index (χ0v) is 13.7. The van der Waals surface area contributed by atoms with Crippen molar-refractivity contribution in [2.75, 3.05) is 33.2 Å². The first-order valence-electron chi connectivity index (χ1n) is 7.11. The molecule has 0 amide bonds. The third-order valence-corrected chi connectivity index (χ3v) is 3.15. The summed E-state index contributed by atoms with van der Waals surface area (Å²) in [5, 5.41) is 0. The Kier molecular flexibility index (Phi) is 5.30. The number of hydrogen-bond acceptors (Lipinski definition) is 6. The Labute approximate surface area is 136 Å². The number of ether oxygens (including phenoxy) is 1. The van der Waals surface area contributed by atoms with Crippen LogP contribution >= 0.6 is 0 Å². The summed E-state index contributed by atoms with van der Waals surface area (Å²) in [6.07, 6.45) is 3.36. The number of carbonyl (C=O) groups excluding carboxylic acids is 1. The maximum atomic E-state index is 12.0. The van der Waals surface area contributed by atoms with Crippen molar-refractivity contribution in [3.63, 3.8) is 0 Å².